The van der Waals surface area contributed by atoms with Crippen LogP contribution < -0.4 is 41.0 Å². The minimum Gasteiger partial charge on any atom is -1.00 e. The first-order valence-corrected chi connectivity index (χ1v) is 3.36. The van der Waals surface area contributed by atoms with Gasteiger partial charge in [-0.25, -0.2) is 0 Å². The molecule has 0 aliphatic heterocycles. The van der Waals surface area contributed by atoms with Crippen molar-refractivity contribution in [3.8, 4) is 0 Å². The summed E-state index contributed by atoms with van der Waals surface area (Å²) in [6.45, 7) is 7.78. The van der Waals surface area contributed by atoms with Crippen LogP contribution in [0, 0.1) is 4.91 Å². The molecule has 0 amide bonds. The summed E-state index contributed by atoms with van der Waals surface area (Å²) in [7, 11) is 0. The van der Waals surface area contributed by atoms with Crippen LogP contribution in [-0.2, 0) is 21.1 Å². The molecular weight excluding hydrogens is 431 g/mol. The average Bonchev–Trinajstić information content (AvgIpc) is 1.60. The molecule has 5 nitrogen and oxygen atoms in total. The van der Waals surface area contributed by atoms with Gasteiger partial charge in [-0.05, 0) is 12.1 Å². The summed E-state index contributed by atoms with van der Waals surface area (Å²) >= 11 is 0. The molecule has 5 N–H and O–H groups in total. The topological polar surface area (TPSA) is 102 Å². The van der Waals surface area contributed by atoms with Crippen molar-refractivity contribution in [2.75, 3.05) is 0 Å². The molecule has 0 saturated carbocycles. The van der Waals surface area contributed by atoms with E-state index >= 15 is 0 Å². The quantitative estimate of drug-likeness (QED) is 0.252. The zero-order chi connectivity index (χ0) is 9.86. The van der Waals surface area contributed by atoms with E-state index < -0.39 is 0 Å². The first-order chi connectivity index (χ1) is 4.88. The van der Waals surface area contributed by atoms with Crippen molar-refractivity contribution in [1.29, 1.82) is 0 Å². The Bertz CT molecular complexity index is 73.9. The Morgan fingerprint density at radius 2 is 1.00 bits per heavy atom. The Labute approximate surface area is 117 Å². The standard InChI is InChI=1S/2C3H9N.2ClH.FH.HNO2.Pt/c2*1-3(2)4;;;;2-1-3;/h2*3H,4H2,1-2H3;3*1H;(H,2,3);/q;;;;;;+4/p-3. The van der Waals surface area contributed by atoms with Crippen molar-refractivity contribution in [3.05, 3.63) is 4.91 Å². The number of hydrogen-bond acceptors (Lipinski definition) is 4. The van der Waals surface area contributed by atoms with Crippen LogP contribution in [-0.4, -0.2) is 17.3 Å². The molecule has 0 aromatic rings. The Hall–Kier alpha value is 0.518. The number of nitrogens with two attached hydrogens (primary N) is 2. The van der Waals surface area contributed by atoms with Crippen LogP contribution >= 0.6 is 0 Å². The van der Waals surface area contributed by atoms with E-state index in [2.05, 4.69) is 0 Å². The molecule has 15 heavy (non-hydrogen) atoms. The van der Waals surface area contributed by atoms with Gasteiger partial charge in [-0.15, -0.1) is 4.91 Å². The van der Waals surface area contributed by atoms with Gasteiger partial charge in [0.2, 0.25) is 0 Å². The van der Waals surface area contributed by atoms with Crippen LogP contribution in [0.3, 0.4) is 0 Å². The minimum absolute atomic E-state index is 0. The summed E-state index contributed by atoms with van der Waals surface area (Å²) in [4.78, 5) is 8.11. The molecule has 0 aromatic heterocycles. The van der Waals surface area contributed by atoms with Crippen LogP contribution in [0.5, 0.6) is 0 Å². The molecule has 0 aliphatic carbocycles. The molecule has 0 spiro atoms. The smallest absolute Gasteiger partial charge is 1.00 e. The molecule has 100 valence electrons. The molecule has 9 heteroatoms. The van der Waals surface area contributed by atoms with Crippen LogP contribution in [0.2, 0.25) is 0 Å². The summed E-state index contributed by atoms with van der Waals surface area (Å²) in [5.74, 6) is 0. The molecule has 0 unspecified atom stereocenters. The fourth-order valence-corrected chi connectivity index (χ4v) is 0. The third-order valence-electron chi connectivity index (χ3n) is 0. The second kappa shape index (κ2) is 46.9. The van der Waals surface area contributed by atoms with Gasteiger partial charge in [-0.2, -0.15) is 0 Å². The summed E-state index contributed by atoms with van der Waals surface area (Å²) in [6, 6.07) is 0.667. The first kappa shape index (κ1) is 45.1. The third-order valence-corrected chi connectivity index (χ3v) is 0. The van der Waals surface area contributed by atoms with E-state index in [9.17, 15) is 0 Å². The van der Waals surface area contributed by atoms with Crippen LogP contribution in [0.25, 0.3) is 0 Å². The predicted molar refractivity (Wildman–Crippen MR) is 46.2 cm³/mol. The van der Waals surface area contributed by atoms with Crippen molar-refractivity contribution < 1.29 is 55.8 Å². The van der Waals surface area contributed by atoms with Gasteiger partial charge in [-0.3, -0.25) is 0 Å². The molecule has 0 radical (unpaired) electrons. The molecule has 0 atom stereocenters. The van der Waals surface area contributed by atoms with Crippen molar-refractivity contribution in [2.24, 2.45) is 16.8 Å². The Kier molecular flexibility index (Phi) is 141. The van der Waals surface area contributed by atoms with Crippen LogP contribution in [0.15, 0.2) is 5.34 Å². The molecule has 0 fully saturated rings. The van der Waals surface area contributed by atoms with E-state index in [1.807, 2.05) is 27.7 Å². The molecular formula is C6H19Cl2FN3O2Pt+. The van der Waals surface area contributed by atoms with Crippen LogP contribution in [0.4, 0.5) is 0 Å². The van der Waals surface area contributed by atoms with Gasteiger partial charge >= 0.3 is 21.1 Å². The monoisotopic (exact) mass is 449 g/mol. The van der Waals surface area contributed by atoms with Gasteiger partial charge in [0.05, 0.1) is 0 Å². The normalized spacial score (nSPS) is 5.60. The largest absolute Gasteiger partial charge is 4.00 e. The Balaban J connectivity index is -0.0000000114. The van der Waals surface area contributed by atoms with Crippen molar-refractivity contribution >= 4 is 0 Å². The van der Waals surface area contributed by atoms with Crippen molar-refractivity contribution in [2.45, 2.75) is 39.8 Å². The maximum atomic E-state index is 8.11. The molecule has 0 aromatic carbocycles. The van der Waals surface area contributed by atoms with Gasteiger partial charge in [0.1, 0.15) is 0 Å². The fraction of sp³-hybridized carbons (Fsp3) is 1.00. The van der Waals surface area contributed by atoms with Crippen LogP contribution in [0.1, 0.15) is 27.7 Å². The number of halogens is 3. The van der Waals surface area contributed by atoms with E-state index in [1.165, 1.54) is 5.34 Å². The molecule has 0 rings (SSSR count). The molecule has 0 aliphatic rings. The zero-order valence-electron chi connectivity index (χ0n) is 9.06. The Morgan fingerprint density at radius 1 is 1.00 bits per heavy atom. The van der Waals surface area contributed by atoms with Gasteiger partial charge in [-0.1, -0.05) is 27.7 Å². The van der Waals surface area contributed by atoms with Crippen molar-refractivity contribution in [1.82, 2.24) is 0 Å². The van der Waals surface area contributed by atoms with E-state index in [-0.39, 0.29) is 50.6 Å². The first-order valence-electron chi connectivity index (χ1n) is 3.36. The van der Waals surface area contributed by atoms with E-state index in [0.717, 1.165) is 0 Å². The van der Waals surface area contributed by atoms with Gasteiger partial charge in [0.25, 0.3) is 0 Å². The molecule has 0 saturated heterocycles. The van der Waals surface area contributed by atoms with Crippen molar-refractivity contribution in [3.63, 3.8) is 0 Å². The van der Waals surface area contributed by atoms with Gasteiger partial charge in [0, 0.05) is 0 Å². The second-order valence-electron chi connectivity index (χ2n) is 2.57. The van der Waals surface area contributed by atoms with Gasteiger partial charge < -0.3 is 46.2 Å². The second-order valence-corrected chi connectivity index (χ2v) is 2.57. The van der Waals surface area contributed by atoms with E-state index in [1.54, 1.807) is 0 Å². The average molecular weight is 450 g/mol. The molecule has 0 bridgehead atoms. The minimum atomic E-state index is 0. The number of hydrogen-bond donors (Lipinski definition) is 3. The third kappa shape index (κ3) is 8470. The summed E-state index contributed by atoms with van der Waals surface area (Å²) in [5, 5.41) is 7.89. The van der Waals surface area contributed by atoms with E-state index in [0.29, 0.717) is 12.1 Å². The summed E-state index contributed by atoms with van der Waals surface area (Å²) in [6.07, 6.45) is 0. The van der Waals surface area contributed by atoms with E-state index in [4.69, 9.17) is 21.6 Å². The van der Waals surface area contributed by atoms with Gasteiger partial charge in [0.15, 0.2) is 5.34 Å². The Morgan fingerprint density at radius 3 is 1.00 bits per heavy atom. The zero-order valence-corrected chi connectivity index (χ0v) is 12.8. The SMILES string of the molecule is CC(C)N.CC(C)N.O=NO.[Cl-].[Cl-].[F-].[Pt+4]. The summed E-state index contributed by atoms with van der Waals surface area (Å²) < 4.78 is 0. The maximum absolute atomic E-state index is 8.11. The molecule has 0 heterocycles. The summed E-state index contributed by atoms with van der Waals surface area (Å²) in [5.41, 5.74) is 10.2. The number of nitrogens with zero attached hydrogens (tertiary/aromatic N) is 1. The fourth-order valence-electron chi connectivity index (χ4n) is 0. The maximum Gasteiger partial charge on any atom is 4.00 e. The number of rotatable bonds is 0. The predicted octanol–water partition coefficient (Wildman–Crippen LogP) is -8.14.